The zero-order valence-corrected chi connectivity index (χ0v) is 40.0. The average molecular weight is 920 g/mol. The molecule has 2 fully saturated rings. The lowest BCUT2D eigenvalue weighted by Gasteiger charge is -2.39. The second-order valence-corrected chi connectivity index (χ2v) is 18.8. The Morgan fingerprint density at radius 2 is 1.08 bits per heavy atom. The van der Waals surface area contributed by atoms with Gasteiger partial charge in [-0.05, 0) is 144 Å². The number of amides is 1. The maximum Gasteiger partial charge on any atom is 0.222 e. The first-order valence-electron chi connectivity index (χ1n) is 22.1. The maximum atomic E-state index is 12.9. The highest BCUT2D eigenvalue weighted by molar-refractivity contribution is 6.63. The third-order valence-corrected chi connectivity index (χ3v) is 12.2. The predicted molar refractivity (Wildman–Crippen MR) is 256 cm³/mol. The van der Waals surface area contributed by atoms with Gasteiger partial charge in [-0.25, -0.2) is 0 Å². The number of carbonyl (C=O) groups is 4. The molecule has 1 amide bonds. The number of nitrogens with one attached hydrogen (secondary N) is 1. The predicted octanol–water partition coefficient (Wildman–Crippen LogP) is 11.6. The van der Waals surface area contributed by atoms with Gasteiger partial charge in [0.25, 0.3) is 0 Å². The van der Waals surface area contributed by atoms with Gasteiger partial charge in [-0.15, -0.1) is 0 Å². The van der Waals surface area contributed by atoms with E-state index in [9.17, 15) is 19.2 Å². The Morgan fingerprint density at radius 3 is 1.49 bits per heavy atom. The number of rotatable bonds is 16. The van der Waals surface area contributed by atoms with Gasteiger partial charge in [-0.2, -0.15) is 0 Å². The zero-order valence-electron chi connectivity index (χ0n) is 37.7. The number of Topliss-reactive ketones (excluding diaryl/α,β-unsaturated/α-hetero) is 2. The van der Waals surface area contributed by atoms with Crippen LogP contribution in [0.4, 0.5) is 0 Å². The largest absolute Gasteiger partial charge is 0.497 e. The Bertz CT molecular complexity index is 2020. The molecular weight excluding hydrogens is 855 g/mol. The molecule has 2 unspecified atom stereocenters. The summed E-state index contributed by atoms with van der Waals surface area (Å²) in [6, 6.07) is 31.4. The van der Waals surface area contributed by atoms with E-state index in [1.54, 1.807) is 14.2 Å². The summed E-state index contributed by atoms with van der Waals surface area (Å²) in [5, 5.41) is 4.57. The number of carbonyl (C=O) groups excluding carboxylic acids is 4. The molecular formula is C52H65Cl3N2O6. The van der Waals surface area contributed by atoms with Crippen molar-refractivity contribution in [2.45, 2.75) is 90.9 Å². The number of piperidine rings is 2. The van der Waals surface area contributed by atoms with E-state index in [-0.39, 0.29) is 34.6 Å². The van der Waals surface area contributed by atoms with Gasteiger partial charge in [-0.3, -0.25) is 19.2 Å². The van der Waals surface area contributed by atoms with Gasteiger partial charge in [0.15, 0.2) is 0 Å². The summed E-state index contributed by atoms with van der Waals surface area (Å²) >= 11 is 16.9. The Morgan fingerprint density at radius 1 is 0.635 bits per heavy atom. The molecule has 2 heterocycles. The Hall–Kier alpha value is -4.21. The zero-order chi connectivity index (χ0) is 45.9. The first-order valence-corrected chi connectivity index (χ1v) is 23.2. The van der Waals surface area contributed by atoms with Gasteiger partial charge in [0.1, 0.15) is 23.1 Å². The normalized spacial score (nSPS) is 18.4. The van der Waals surface area contributed by atoms with E-state index in [4.69, 9.17) is 44.3 Å². The van der Waals surface area contributed by atoms with E-state index in [1.807, 2.05) is 91.5 Å². The highest BCUT2D eigenvalue weighted by Crippen LogP contribution is 2.37. The molecule has 4 atom stereocenters. The van der Waals surface area contributed by atoms with Gasteiger partial charge in [0, 0.05) is 61.7 Å². The van der Waals surface area contributed by atoms with Crippen LogP contribution in [0.3, 0.4) is 0 Å². The van der Waals surface area contributed by atoms with Crippen LogP contribution < -0.4 is 14.8 Å². The smallest absolute Gasteiger partial charge is 0.222 e. The number of ether oxygens (including phenoxy) is 2. The highest BCUT2D eigenvalue weighted by Gasteiger charge is 2.34. The van der Waals surface area contributed by atoms with Crippen molar-refractivity contribution in [3.05, 3.63) is 129 Å². The highest BCUT2D eigenvalue weighted by atomic mass is 35.5. The molecule has 4 aromatic rings. The molecule has 1 N–H and O–H groups in total. The lowest BCUT2D eigenvalue weighted by molar-refractivity contribution is -0.135. The van der Waals surface area contributed by atoms with Crippen molar-refractivity contribution in [3.8, 4) is 11.5 Å². The molecule has 0 aromatic heterocycles. The van der Waals surface area contributed by atoms with E-state index in [2.05, 4.69) is 43.4 Å². The van der Waals surface area contributed by atoms with Crippen LogP contribution in [-0.4, -0.2) is 68.0 Å². The summed E-state index contributed by atoms with van der Waals surface area (Å²) in [4.78, 5) is 50.2. The average Bonchev–Trinajstić information content (AvgIpc) is 3.25. The van der Waals surface area contributed by atoms with Crippen LogP contribution in [0.2, 0.25) is 10.0 Å². The summed E-state index contributed by atoms with van der Waals surface area (Å²) in [7, 11) is 3.34. The van der Waals surface area contributed by atoms with E-state index in [0.29, 0.717) is 78.8 Å². The summed E-state index contributed by atoms with van der Waals surface area (Å²) in [5.74, 6) is 4.21. The number of nitrogens with zero attached hydrogens (tertiary/aromatic N) is 1. The minimum atomic E-state index is -0.241. The second-order valence-electron chi connectivity index (χ2n) is 17.5. The number of hydrogen-bond donors (Lipinski definition) is 1. The molecule has 2 saturated heterocycles. The number of methoxy groups -OCH3 is 2. The number of ketones is 2. The van der Waals surface area contributed by atoms with Crippen molar-refractivity contribution in [2.75, 3.05) is 40.4 Å². The molecule has 0 radical (unpaired) electrons. The van der Waals surface area contributed by atoms with Gasteiger partial charge >= 0.3 is 0 Å². The molecule has 0 aliphatic carbocycles. The fourth-order valence-corrected chi connectivity index (χ4v) is 8.93. The Labute approximate surface area is 390 Å². The first kappa shape index (κ1) is 51.4. The lowest BCUT2D eigenvalue weighted by atomic mass is 9.77. The van der Waals surface area contributed by atoms with Crippen LogP contribution >= 0.6 is 34.8 Å². The number of likely N-dealkylation sites (tertiary alicyclic amines) is 1. The first-order chi connectivity index (χ1) is 30.1. The van der Waals surface area contributed by atoms with Crippen molar-refractivity contribution in [1.29, 1.82) is 0 Å². The van der Waals surface area contributed by atoms with Crippen LogP contribution in [0.1, 0.15) is 100 Å². The standard InChI is InChI=1S/C26H32ClNO3.C21H24ClNO2.C5H9ClO/c1-18(2)14-26(30)28-13-12-25(20-6-10-24(31-3)11-7-20)21(17-28)16-23(29)15-19-4-8-22(27)9-5-19;1-25-20-8-4-16(5-9-20)21-10-11-23-14-17(21)13-19(24)12-15-2-6-18(22)7-3-15;1-4(2)3-5(6)7/h4-11,18,21,25H,12-17H2,1-3H3;2-9,17,21,23H,10-14H2,1H3;4H,3H2,1-2H3/t21-,25?;17-,21?;/m11./s1. The molecule has 0 bridgehead atoms. The molecule has 4 aromatic carbocycles. The SMILES string of the molecule is CC(C)CC(=O)Cl.COc1ccc(C2CCN(C(=O)CC(C)C)C[C@H]2CC(=O)Cc2ccc(Cl)cc2)cc1.COc1ccc(C2CCNC[C@H]2CC(=O)Cc2ccc(Cl)cc2)cc1. The van der Waals surface area contributed by atoms with E-state index in [1.165, 1.54) is 11.1 Å². The monoisotopic (exact) mass is 918 g/mol. The van der Waals surface area contributed by atoms with Crippen LogP contribution in [0.25, 0.3) is 0 Å². The van der Waals surface area contributed by atoms with Crippen LogP contribution in [-0.2, 0) is 32.0 Å². The summed E-state index contributed by atoms with van der Waals surface area (Å²) in [5.41, 5.74) is 4.51. The summed E-state index contributed by atoms with van der Waals surface area (Å²) in [6.45, 7) is 11.3. The quantitative estimate of drug-likeness (QED) is 0.112. The van der Waals surface area contributed by atoms with Crippen LogP contribution in [0, 0.1) is 23.7 Å². The number of hydrogen-bond acceptors (Lipinski definition) is 7. The second kappa shape index (κ2) is 26.5. The van der Waals surface area contributed by atoms with E-state index < -0.39 is 0 Å². The van der Waals surface area contributed by atoms with Crippen molar-refractivity contribution in [1.82, 2.24) is 10.2 Å². The van der Waals surface area contributed by atoms with Crippen LogP contribution in [0.15, 0.2) is 97.1 Å². The van der Waals surface area contributed by atoms with Crippen molar-refractivity contribution in [2.24, 2.45) is 23.7 Å². The van der Waals surface area contributed by atoms with Gasteiger partial charge < -0.3 is 19.7 Å². The molecule has 340 valence electrons. The third kappa shape index (κ3) is 18.1. The fourth-order valence-electron chi connectivity index (χ4n) is 8.37. The van der Waals surface area contributed by atoms with Gasteiger partial charge in [0.2, 0.25) is 11.1 Å². The van der Waals surface area contributed by atoms with E-state index >= 15 is 0 Å². The third-order valence-electron chi connectivity index (χ3n) is 11.5. The molecule has 6 rings (SSSR count). The molecule has 11 heteroatoms. The van der Waals surface area contributed by atoms with Crippen molar-refractivity contribution in [3.63, 3.8) is 0 Å². The topological polar surface area (TPSA) is 102 Å². The maximum absolute atomic E-state index is 12.9. The summed E-state index contributed by atoms with van der Waals surface area (Å²) < 4.78 is 10.5. The van der Waals surface area contributed by atoms with Gasteiger partial charge in [0.05, 0.1) is 14.2 Å². The number of benzene rings is 4. The molecule has 2 aliphatic heterocycles. The number of halogens is 3. The summed E-state index contributed by atoms with van der Waals surface area (Å²) in [6.07, 6.45) is 4.91. The van der Waals surface area contributed by atoms with Crippen molar-refractivity contribution >= 4 is 57.5 Å². The Kier molecular flexibility index (Phi) is 21.7. The Balaban J connectivity index is 0.000000244. The molecule has 0 spiro atoms. The van der Waals surface area contributed by atoms with E-state index in [0.717, 1.165) is 55.1 Å². The lowest BCUT2D eigenvalue weighted by Crippen LogP contribution is -2.44. The molecule has 2 aliphatic rings. The van der Waals surface area contributed by atoms with Gasteiger partial charge in [-0.1, -0.05) is 99.4 Å². The van der Waals surface area contributed by atoms with Crippen LogP contribution in [0.5, 0.6) is 11.5 Å². The fraction of sp³-hybridized carbons (Fsp3) is 0.462. The molecule has 8 nitrogen and oxygen atoms in total. The molecule has 63 heavy (non-hydrogen) atoms. The van der Waals surface area contributed by atoms with Crippen molar-refractivity contribution < 1.29 is 28.7 Å². The molecule has 0 saturated carbocycles. The minimum absolute atomic E-state index is 0.109. The minimum Gasteiger partial charge on any atom is -0.497 e.